The molecule has 0 saturated carbocycles. The van der Waals surface area contributed by atoms with Gasteiger partial charge >= 0.3 is 0 Å². The Morgan fingerprint density at radius 2 is 2.05 bits per heavy atom. The fourth-order valence-electron chi connectivity index (χ4n) is 2.08. The van der Waals surface area contributed by atoms with Gasteiger partial charge in [-0.25, -0.2) is 4.98 Å². The van der Waals surface area contributed by atoms with E-state index in [1.807, 2.05) is 26.0 Å². The summed E-state index contributed by atoms with van der Waals surface area (Å²) in [6, 6.07) is 8.64. The van der Waals surface area contributed by atoms with E-state index in [9.17, 15) is 0 Å². The number of aromatic nitrogens is 1. The number of nitrogens with zero attached hydrogens (tertiary/aromatic N) is 1. The molecule has 2 aromatic rings. The lowest BCUT2D eigenvalue weighted by Crippen LogP contribution is -2.21. The third kappa shape index (κ3) is 4.32. The van der Waals surface area contributed by atoms with Crippen LogP contribution in [0.2, 0.25) is 0 Å². The molecule has 108 valence electrons. The Labute approximate surface area is 125 Å². The first kappa shape index (κ1) is 15.0. The number of aryl methyl sites for hydroxylation is 1. The summed E-state index contributed by atoms with van der Waals surface area (Å²) in [7, 11) is 0. The van der Waals surface area contributed by atoms with Crippen molar-refractivity contribution in [2.24, 2.45) is 0 Å². The SMILES string of the molecule is CCOc1ccc(C(C)NCCc2csc(C)n2)cc1. The molecule has 1 N–H and O–H groups in total. The van der Waals surface area contributed by atoms with Gasteiger partial charge < -0.3 is 10.1 Å². The van der Waals surface area contributed by atoms with Crippen molar-refractivity contribution in [2.75, 3.05) is 13.2 Å². The summed E-state index contributed by atoms with van der Waals surface area (Å²) in [5.74, 6) is 0.932. The van der Waals surface area contributed by atoms with Crippen molar-refractivity contribution in [1.82, 2.24) is 10.3 Å². The molecule has 0 radical (unpaired) electrons. The summed E-state index contributed by atoms with van der Waals surface area (Å²) < 4.78 is 5.45. The van der Waals surface area contributed by atoms with Crippen molar-refractivity contribution in [3.05, 3.63) is 45.9 Å². The second-order valence-electron chi connectivity index (χ2n) is 4.79. The highest BCUT2D eigenvalue weighted by Gasteiger charge is 2.05. The molecule has 0 aliphatic rings. The van der Waals surface area contributed by atoms with Crippen molar-refractivity contribution in [2.45, 2.75) is 33.2 Å². The van der Waals surface area contributed by atoms with Gasteiger partial charge in [0.05, 0.1) is 17.3 Å². The van der Waals surface area contributed by atoms with Crippen LogP contribution in [0.15, 0.2) is 29.6 Å². The van der Waals surface area contributed by atoms with E-state index in [0.29, 0.717) is 12.6 Å². The van der Waals surface area contributed by atoms with E-state index in [4.69, 9.17) is 4.74 Å². The average molecular weight is 290 g/mol. The minimum atomic E-state index is 0.338. The van der Waals surface area contributed by atoms with Crippen LogP contribution in [0, 0.1) is 6.92 Å². The van der Waals surface area contributed by atoms with Gasteiger partial charge in [0.1, 0.15) is 5.75 Å². The molecular weight excluding hydrogens is 268 g/mol. The third-order valence-electron chi connectivity index (χ3n) is 3.19. The zero-order chi connectivity index (χ0) is 14.4. The average Bonchev–Trinajstić information content (AvgIpc) is 2.85. The van der Waals surface area contributed by atoms with E-state index in [2.05, 4.69) is 34.7 Å². The molecule has 0 spiro atoms. The Bertz CT molecular complexity index is 522. The molecule has 0 fully saturated rings. The van der Waals surface area contributed by atoms with E-state index in [-0.39, 0.29) is 0 Å². The highest BCUT2D eigenvalue weighted by molar-refractivity contribution is 7.09. The first-order valence-corrected chi connectivity index (χ1v) is 7.94. The largest absolute Gasteiger partial charge is 0.494 e. The van der Waals surface area contributed by atoms with Gasteiger partial charge in [-0.15, -0.1) is 11.3 Å². The summed E-state index contributed by atoms with van der Waals surface area (Å²) in [4.78, 5) is 4.47. The maximum absolute atomic E-state index is 5.45. The fourth-order valence-corrected chi connectivity index (χ4v) is 2.72. The van der Waals surface area contributed by atoms with Crippen molar-refractivity contribution in [1.29, 1.82) is 0 Å². The van der Waals surface area contributed by atoms with Crippen LogP contribution < -0.4 is 10.1 Å². The number of benzene rings is 1. The van der Waals surface area contributed by atoms with E-state index in [1.54, 1.807) is 11.3 Å². The molecule has 1 heterocycles. The van der Waals surface area contributed by atoms with Crippen LogP contribution in [0.3, 0.4) is 0 Å². The second kappa shape index (κ2) is 7.41. The van der Waals surface area contributed by atoms with Gasteiger partial charge in [-0.3, -0.25) is 0 Å². The Hall–Kier alpha value is -1.39. The lowest BCUT2D eigenvalue weighted by atomic mass is 10.1. The maximum atomic E-state index is 5.45. The van der Waals surface area contributed by atoms with Gasteiger partial charge in [0, 0.05) is 24.4 Å². The number of thiazole rings is 1. The molecule has 1 aromatic heterocycles. The predicted molar refractivity (Wildman–Crippen MR) is 84.6 cm³/mol. The highest BCUT2D eigenvalue weighted by Crippen LogP contribution is 2.17. The topological polar surface area (TPSA) is 34.1 Å². The monoisotopic (exact) mass is 290 g/mol. The molecule has 3 nitrogen and oxygen atoms in total. The maximum Gasteiger partial charge on any atom is 0.119 e. The summed E-state index contributed by atoms with van der Waals surface area (Å²) in [6.07, 6.45) is 0.978. The number of ether oxygens (including phenoxy) is 1. The number of hydrogen-bond acceptors (Lipinski definition) is 4. The third-order valence-corrected chi connectivity index (χ3v) is 4.01. The second-order valence-corrected chi connectivity index (χ2v) is 5.85. The van der Waals surface area contributed by atoms with Gasteiger partial charge in [0.25, 0.3) is 0 Å². The normalized spacial score (nSPS) is 12.3. The van der Waals surface area contributed by atoms with E-state index >= 15 is 0 Å². The smallest absolute Gasteiger partial charge is 0.119 e. The Balaban J connectivity index is 1.80. The number of hydrogen-bond donors (Lipinski definition) is 1. The van der Waals surface area contributed by atoms with Crippen molar-refractivity contribution in [3.8, 4) is 5.75 Å². The van der Waals surface area contributed by atoms with E-state index < -0.39 is 0 Å². The molecule has 1 aromatic carbocycles. The first-order chi connectivity index (χ1) is 9.69. The molecule has 0 aliphatic heterocycles. The summed E-state index contributed by atoms with van der Waals surface area (Å²) in [6.45, 7) is 7.88. The van der Waals surface area contributed by atoms with Crippen LogP contribution in [0.4, 0.5) is 0 Å². The minimum Gasteiger partial charge on any atom is -0.494 e. The molecule has 0 bridgehead atoms. The van der Waals surface area contributed by atoms with Crippen molar-refractivity contribution < 1.29 is 4.74 Å². The van der Waals surface area contributed by atoms with Crippen molar-refractivity contribution in [3.63, 3.8) is 0 Å². The lowest BCUT2D eigenvalue weighted by Gasteiger charge is -2.14. The van der Waals surface area contributed by atoms with Gasteiger partial charge in [-0.1, -0.05) is 12.1 Å². The van der Waals surface area contributed by atoms with Crippen LogP contribution in [0.5, 0.6) is 5.75 Å². The molecule has 0 aliphatic carbocycles. The minimum absolute atomic E-state index is 0.338. The predicted octanol–water partition coefficient (Wildman–Crippen LogP) is 3.74. The Morgan fingerprint density at radius 3 is 2.65 bits per heavy atom. The summed E-state index contributed by atoms with van der Waals surface area (Å²) >= 11 is 1.71. The van der Waals surface area contributed by atoms with Gasteiger partial charge in [-0.05, 0) is 38.5 Å². The fraction of sp³-hybridized carbons (Fsp3) is 0.438. The van der Waals surface area contributed by atoms with E-state index in [0.717, 1.165) is 23.7 Å². The van der Waals surface area contributed by atoms with Crippen LogP contribution >= 0.6 is 11.3 Å². The van der Waals surface area contributed by atoms with Crippen LogP contribution in [0.1, 0.15) is 36.2 Å². The Morgan fingerprint density at radius 1 is 1.30 bits per heavy atom. The highest BCUT2D eigenvalue weighted by atomic mass is 32.1. The first-order valence-electron chi connectivity index (χ1n) is 7.06. The molecular formula is C16H22N2OS. The molecule has 4 heteroatoms. The number of nitrogens with one attached hydrogen (secondary N) is 1. The van der Waals surface area contributed by atoms with E-state index in [1.165, 1.54) is 11.3 Å². The summed E-state index contributed by atoms with van der Waals surface area (Å²) in [5.41, 5.74) is 2.46. The van der Waals surface area contributed by atoms with Crippen LogP contribution in [-0.4, -0.2) is 18.1 Å². The molecule has 0 saturated heterocycles. The lowest BCUT2D eigenvalue weighted by molar-refractivity contribution is 0.340. The standard InChI is InChI=1S/C16H22N2OS/c1-4-19-16-7-5-14(6-8-16)12(2)17-10-9-15-11-20-13(3)18-15/h5-8,11-12,17H,4,9-10H2,1-3H3. The zero-order valence-corrected chi connectivity index (χ0v) is 13.2. The molecule has 1 atom stereocenters. The van der Waals surface area contributed by atoms with Gasteiger partial charge in [0.15, 0.2) is 0 Å². The molecule has 2 rings (SSSR count). The Kier molecular flexibility index (Phi) is 5.56. The van der Waals surface area contributed by atoms with Gasteiger partial charge in [-0.2, -0.15) is 0 Å². The van der Waals surface area contributed by atoms with Crippen LogP contribution in [-0.2, 0) is 6.42 Å². The molecule has 20 heavy (non-hydrogen) atoms. The summed E-state index contributed by atoms with van der Waals surface area (Å²) in [5, 5.41) is 6.81. The van der Waals surface area contributed by atoms with Crippen LogP contribution in [0.25, 0.3) is 0 Å². The number of rotatable bonds is 7. The quantitative estimate of drug-likeness (QED) is 0.843. The van der Waals surface area contributed by atoms with Gasteiger partial charge in [0.2, 0.25) is 0 Å². The molecule has 0 amide bonds. The zero-order valence-electron chi connectivity index (χ0n) is 12.3. The molecule has 1 unspecified atom stereocenters. The van der Waals surface area contributed by atoms with Crippen molar-refractivity contribution >= 4 is 11.3 Å².